The highest BCUT2D eigenvalue weighted by Gasteiger charge is 2.54. The van der Waals surface area contributed by atoms with Crippen molar-refractivity contribution >= 4 is 23.4 Å². The van der Waals surface area contributed by atoms with Gasteiger partial charge in [0.1, 0.15) is 5.75 Å². The Hall–Kier alpha value is -2.02. The van der Waals surface area contributed by atoms with E-state index in [2.05, 4.69) is 15.5 Å². The van der Waals surface area contributed by atoms with Crippen LogP contribution in [0, 0.1) is 17.8 Å². The second kappa shape index (κ2) is 7.35. The van der Waals surface area contributed by atoms with Gasteiger partial charge in [0.05, 0.1) is 12.4 Å². The number of carbonyl (C=O) groups is 1. The molecular weight excluding hydrogens is 386 g/mol. The summed E-state index contributed by atoms with van der Waals surface area (Å²) >= 11 is 1.33. The molecule has 7 heteroatoms. The fraction of sp³-hybridized carbons (Fsp3) is 0.591. The summed E-state index contributed by atoms with van der Waals surface area (Å²) in [5.74, 6) is 3.97. The molecule has 1 aromatic heterocycles. The van der Waals surface area contributed by atoms with Crippen LogP contribution in [0.5, 0.6) is 5.75 Å². The molecule has 6 nitrogen and oxygen atoms in total. The molecule has 1 heterocycles. The predicted octanol–water partition coefficient (Wildman–Crippen LogP) is 4.67. The Kier molecular flexibility index (Phi) is 4.81. The largest absolute Gasteiger partial charge is 0.497 e. The van der Waals surface area contributed by atoms with Crippen LogP contribution in [0.15, 0.2) is 33.9 Å². The van der Waals surface area contributed by atoms with Crippen molar-refractivity contribution in [3.05, 3.63) is 30.2 Å². The number of anilines is 1. The number of amides is 1. The normalized spacial score (nSPS) is 30.9. The number of thioether (sulfide) groups is 1. The number of methoxy groups -OCH3 is 1. The summed E-state index contributed by atoms with van der Waals surface area (Å²) in [6, 6.07) is 7.30. The van der Waals surface area contributed by atoms with Gasteiger partial charge in [0, 0.05) is 11.1 Å². The molecule has 0 spiro atoms. The maximum Gasteiger partial charge on any atom is 0.277 e. The number of benzene rings is 1. The highest BCUT2D eigenvalue weighted by molar-refractivity contribution is 8.00. The molecule has 6 rings (SSSR count). The summed E-state index contributed by atoms with van der Waals surface area (Å²) in [4.78, 5) is 12.5. The van der Waals surface area contributed by atoms with E-state index in [1.165, 1.54) is 50.3 Å². The standard InChI is InChI=1S/C22H27N3O3S/c1-13(19(26)23-17-3-5-18(27-2)6-4-17)29-21-25-24-20(28-21)22-10-14-7-15(11-22)9-16(8-14)12-22/h3-6,13-16H,7-12H2,1-2H3,(H,23,26)/t13-,14?,15?,16?,22?/m1/s1. The zero-order valence-electron chi connectivity index (χ0n) is 16.9. The molecule has 1 N–H and O–H groups in total. The summed E-state index contributed by atoms with van der Waals surface area (Å²) in [7, 11) is 1.62. The lowest BCUT2D eigenvalue weighted by molar-refractivity contribution is -0.115. The Morgan fingerprint density at radius 3 is 2.34 bits per heavy atom. The number of hydrogen-bond donors (Lipinski definition) is 1. The van der Waals surface area contributed by atoms with Crippen LogP contribution < -0.4 is 10.1 Å². The number of carbonyl (C=O) groups excluding carboxylic acids is 1. The average Bonchev–Trinajstić information content (AvgIpc) is 3.17. The van der Waals surface area contributed by atoms with Gasteiger partial charge >= 0.3 is 0 Å². The smallest absolute Gasteiger partial charge is 0.277 e. The topological polar surface area (TPSA) is 77.2 Å². The minimum atomic E-state index is -0.332. The highest BCUT2D eigenvalue weighted by Crippen LogP contribution is 2.60. The summed E-state index contributed by atoms with van der Waals surface area (Å²) in [6.45, 7) is 1.86. The molecule has 1 aromatic carbocycles. The van der Waals surface area contributed by atoms with Crippen LogP contribution in [0.1, 0.15) is 51.3 Å². The molecule has 0 unspecified atom stereocenters. The maximum absolute atomic E-state index is 12.5. The van der Waals surface area contributed by atoms with Gasteiger partial charge in [-0.05, 0) is 87.5 Å². The first-order valence-electron chi connectivity index (χ1n) is 10.5. The molecule has 4 saturated carbocycles. The molecule has 0 saturated heterocycles. The van der Waals surface area contributed by atoms with Crippen molar-refractivity contribution in [2.75, 3.05) is 12.4 Å². The fourth-order valence-corrected chi connectivity index (χ4v) is 6.65. The van der Waals surface area contributed by atoms with Crippen molar-refractivity contribution in [2.24, 2.45) is 17.8 Å². The quantitative estimate of drug-likeness (QED) is 0.694. The number of nitrogens with zero attached hydrogens (tertiary/aromatic N) is 2. The van der Waals surface area contributed by atoms with E-state index in [4.69, 9.17) is 9.15 Å². The van der Waals surface area contributed by atoms with Crippen LogP contribution in [0.4, 0.5) is 5.69 Å². The third kappa shape index (κ3) is 3.65. The molecule has 2 aromatic rings. The predicted molar refractivity (Wildman–Crippen MR) is 111 cm³/mol. The second-order valence-electron chi connectivity index (χ2n) is 9.05. The van der Waals surface area contributed by atoms with Crippen LogP contribution in [-0.2, 0) is 10.2 Å². The summed E-state index contributed by atoms with van der Waals surface area (Å²) in [5, 5.41) is 11.8. The number of ether oxygens (including phenoxy) is 1. The lowest BCUT2D eigenvalue weighted by Crippen LogP contribution is -2.48. The van der Waals surface area contributed by atoms with E-state index in [9.17, 15) is 4.79 Å². The third-order valence-corrected chi connectivity index (χ3v) is 7.84. The average molecular weight is 414 g/mol. The molecule has 4 fully saturated rings. The van der Waals surface area contributed by atoms with Crippen LogP contribution in [0.3, 0.4) is 0 Å². The molecule has 154 valence electrons. The van der Waals surface area contributed by atoms with Gasteiger partial charge in [-0.2, -0.15) is 0 Å². The Morgan fingerprint density at radius 1 is 1.14 bits per heavy atom. The van der Waals surface area contributed by atoms with Gasteiger partial charge in [0.2, 0.25) is 11.8 Å². The molecule has 1 atom stereocenters. The van der Waals surface area contributed by atoms with E-state index in [-0.39, 0.29) is 16.6 Å². The lowest BCUT2D eigenvalue weighted by atomic mass is 9.49. The summed E-state index contributed by atoms with van der Waals surface area (Å²) in [6.07, 6.45) is 7.74. The van der Waals surface area contributed by atoms with E-state index in [1.807, 2.05) is 31.2 Å². The number of hydrogen-bond acceptors (Lipinski definition) is 6. The van der Waals surface area contributed by atoms with Gasteiger partial charge in [-0.25, -0.2) is 0 Å². The SMILES string of the molecule is COc1ccc(NC(=O)[C@@H](C)Sc2nnc(C34CC5CC(CC(C5)C3)C4)o2)cc1. The van der Waals surface area contributed by atoms with Gasteiger partial charge in [-0.3, -0.25) is 4.79 Å². The second-order valence-corrected chi connectivity index (χ2v) is 10.3. The minimum absolute atomic E-state index is 0.0882. The third-order valence-electron chi connectivity index (χ3n) is 6.90. The number of nitrogens with one attached hydrogen (secondary N) is 1. The molecule has 0 radical (unpaired) electrons. The van der Waals surface area contributed by atoms with Gasteiger partial charge in [0.15, 0.2) is 0 Å². The van der Waals surface area contributed by atoms with Gasteiger partial charge in [-0.1, -0.05) is 11.8 Å². The van der Waals surface area contributed by atoms with Crippen molar-refractivity contribution in [1.82, 2.24) is 10.2 Å². The molecular formula is C22H27N3O3S. The van der Waals surface area contributed by atoms with E-state index in [0.29, 0.717) is 5.22 Å². The van der Waals surface area contributed by atoms with Crippen molar-refractivity contribution in [3.63, 3.8) is 0 Å². The van der Waals surface area contributed by atoms with E-state index in [0.717, 1.165) is 35.1 Å². The number of aromatic nitrogens is 2. The molecule has 4 aliphatic rings. The molecule has 4 bridgehead atoms. The molecule has 4 aliphatic carbocycles. The van der Waals surface area contributed by atoms with Crippen molar-refractivity contribution < 1.29 is 13.9 Å². The molecule has 29 heavy (non-hydrogen) atoms. The first-order chi connectivity index (χ1) is 14.0. The Morgan fingerprint density at radius 2 is 1.76 bits per heavy atom. The number of rotatable bonds is 6. The summed E-state index contributed by atoms with van der Waals surface area (Å²) < 4.78 is 11.3. The van der Waals surface area contributed by atoms with Crippen molar-refractivity contribution in [3.8, 4) is 5.75 Å². The first kappa shape index (κ1) is 19.0. The van der Waals surface area contributed by atoms with E-state index in [1.54, 1.807) is 7.11 Å². The monoisotopic (exact) mass is 413 g/mol. The van der Waals surface area contributed by atoms with E-state index < -0.39 is 0 Å². The minimum Gasteiger partial charge on any atom is -0.497 e. The van der Waals surface area contributed by atoms with Crippen LogP contribution in [0.25, 0.3) is 0 Å². The van der Waals surface area contributed by atoms with Gasteiger partial charge in [-0.15, -0.1) is 10.2 Å². The zero-order valence-corrected chi connectivity index (χ0v) is 17.7. The van der Waals surface area contributed by atoms with Crippen LogP contribution in [0.2, 0.25) is 0 Å². The van der Waals surface area contributed by atoms with Crippen molar-refractivity contribution in [2.45, 2.75) is 61.3 Å². The zero-order chi connectivity index (χ0) is 20.0. The van der Waals surface area contributed by atoms with Gasteiger partial charge < -0.3 is 14.5 Å². The van der Waals surface area contributed by atoms with Crippen LogP contribution >= 0.6 is 11.8 Å². The summed E-state index contributed by atoms with van der Waals surface area (Å²) in [5.41, 5.74) is 0.831. The van der Waals surface area contributed by atoms with Crippen molar-refractivity contribution in [1.29, 1.82) is 0 Å². The van der Waals surface area contributed by atoms with E-state index >= 15 is 0 Å². The Balaban J connectivity index is 1.23. The molecule has 0 aliphatic heterocycles. The Labute approximate surface area is 175 Å². The molecule has 1 amide bonds. The maximum atomic E-state index is 12.5. The van der Waals surface area contributed by atoms with Crippen LogP contribution in [-0.4, -0.2) is 28.5 Å². The van der Waals surface area contributed by atoms with Gasteiger partial charge in [0.25, 0.3) is 5.22 Å². The lowest BCUT2D eigenvalue weighted by Gasteiger charge is -2.55. The highest BCUT2D eigenvalue weighted by atomic mass is 32.2. The Bertz CT molecular complexity index is 860. The fourth-order valence-electron chi connectivity index (χ4n) is 5.97. The first-order valence-corrected chi connectivity index (χ1v) is 11.4.